The summed E-state index contributed by atoms with van der Waals surface area (Å²) in [6, 6.07) is 6.84. The van der Waals surface area contributed by atoms with Crippen molar-refractivity contribution >= 4 is 17.6 Å². The van der Waals surface area contributed by atoms with Gasteiger partial charge in [0.15, 0.2) is 0 Å². The van der Waals surface area contributed by atoms with Crippen LogP contribution >= 0.6 is 0 Å². The number of nitrogens with one attached hydrogen (secondary N) is 2. The second-order valence-electron chi connectivity index (χ2n) is 4.02. The average molecular weight is 250 g/mol. The van der Waals surface area contributed by atoms with Gasteiger partial charge >= 0.3 is 5.97 Å². The zero-order valence-electron chi connectivity index (χ0n) is 10.4. The van der Waals surface area contributed by atoms with Crippen LogP contribution < -0.4 is 10.6 Å². The molecule has 1 aromatic rings. The predicted octanol–water partition coefficient (Wildman–Crippen LogP) is 1.25. The summed E-state index contributed by atoms with van der Waals surface area (Å²) in [5, 5.41) is 14.4. The molecule has 0 unspecified atom stereocenters. The van der Waals surface area contributed by atoms with E-state index in [1.807, 2.05) is 7.05 Å². The van der Waals surface area contributed by atoms with Crippen molar-refractivity contribution in [3.05, 3.63) is 29.8 Å². The topological polar surface area (TPSA) is 78.4 Å². The normalized spacial score (nSPS) is 10.1. The van der Waals surface area contributed by atoms with Gasteiger partial charge in [-0.3, -0.25) is 9.59 Å². The fourth-order valence-electron chi connectivity index (χ4n) is 1.53. The molecule has 0 fully saturated rings. The Balaban J connectivity index is 2.43. The molecule has 0 heterocycles. The third-order valence-corrected chi connectivity index (χ3v) is 2.42. The summed E-state index contributed by atoms with van der Waals surface area (Å²) in [5.41, 5.74) is 1.41. The van der Waals surface area contributed by atoms with Gasteiger partial charge in [0, 0.05) is 12.1 Å². The van der Waals surface area contributed by atoms with Crippen molar-refractivity contribution in [2.75, 3.05) is 18.9 Å². The third-order valence-electron chi connectivity index (χ3n) is 2.42. The minimum atomic E-state index is -0.862. The molecule has 0 saturated heterocycles. The molecular weight excluding hydrogens is 232 g/mol. The Morgan fingerprint density at radius 1 is 1.22 bits per heavy atom. The zero-order valence-corrected chi connectivity index (χ0v) is 10.4. The number of hydrogen-bond donors (Lipinski definition) is 3. The summed E-state index contributed by atoms with van der Waals surface area (Å²) < 4.78 is 0. The highest BCUT2D eigenvalue weighted by Crippen LogP contribution is 2.10. The van der Waals surface area contributed by atoms with Gasteiger partial charge in [-0.15, -0.1) is 0 Å². The number of benzene rings is 1. The van der Waals surface area contributed by atoms with E-state index in [1.54, 1.807) is 24.3 Å². The van der Waals surface area contributed by atoms with Crippen LogP contribution in [0.25, 0.3) is 0 Å². The van der Waals surface area contributed by atoms with Crippen LogP contribution in [0.5, 0.6) is 0 Å². The first-order valence-corrected chi connectivity index (χ1v) is 5.87. The summed E-state index contributed by atoms with van der Waals surface area (Å²) in [4.78, 5) is 22.0. The van der Waals surface area contributed by atoms with E-state index in [0.29, 0.717) is 12.1 Å². The van der Waals surface area contributed by atoms with Crippen molar-refractivity contribution in [2.45, 2.75) is 19.3 Å². The van der Waals surface area contributed by atoms with Gasteiger partial charge in [-0.05, 0) is 37.7 Å². The summed E-state index contributed by atoms with van der Waals surface area (Å²) in [6.45, 7) is 0.810. The molecule has 18 heavy (non-hydrogen) atoms. The number of hydrogen-bond acceptors (Lipinski definition) is 3. The van der Waals surface area contributed by atoms with Crippen LogP contribution in [0, 0.1) is 0 Å². The highest BCUT2D eigenvalue weighted by Gasteiger charge is 2.03. The summed E-state index contributed by atoms with van der Waals surface area (Å²) in [7, 11) is 1.85. The molecule has 1 aromatic carbocycles. The maximum absolute atomic E-state index is 11.5. The van der Waals surface area contributed by atoms with Crippen LogP contribution in [0.3, 0.4) is 0 Å². The molecule has 0 atom stereocenters. The summed E-state index contributed by atoms with van der Waals surface area (Å²) in [5.74, 6) is -0.893. The smallest absolute Gasteiger partial charge is 0.307 e. The van der Waals surface area contributed by atoms with Crippen molar-refractivity contribution < 1.29 is 14.7 Å². The Morgan fingerprint density at radius 2 is 1.89 bits per heavy atom. The number of anilines is 1. The molecule has 5 nitrogen and oxygen atoms in total. The van der Waals surface area contributed by atoms with E-state index in [2.05, 4.69) is 10.6 Å². The molecule has 0 aliphatic rings. The van der Waals surface area contributed by atoms with Crippen LogP contribution in [0.2, 0.25) is 0 Å². The monoisotopic (exact) mass is 250 g/mol. The van der Waals surface area contributed by atoms with Gasteiger partial charge in [-0.25, -0.2) is 0 Å². The molecule has 0 radical (unpaired) electrons. The van der Waals surface area contributed by atoms with Crippen molar-refractivity contribution in [3.63, 3.8) is 0 Å². The number of carbonyl (C=O) groups is 2. The Morgan fingerprint density at radius 3 is 2.44 bits per heavy atom. The Bertz CT molecular complexity index is 401. The molecule has 5 heteroatoms. The molecule has 0 aromatic heterocycles. The molecule has 98 valence electrons. The number of amides is 1. The van der Waals surface area contributed by atoms with Gasteiger partial charge in [0.2, 0.25) is 5.91 Å². The first-order valence-electron chi connectivity index (χ1n) is 5.87. The minimum absolute atomic E-state index is 0.00358. The van der Waals surface area contributed by atoms with Crippen molar-refractivity contribution in [1.82, 2.24) is 5.32 Å². The van der Waals surface area contributed by atoms with Crippen molar-refractivity contribution in [1.29, 1.82) is 0 Å². The maximum atomic E-state index is 11.5. The fraction of sp³-hybridized carbons (Fsp3) is 0.385. The molecular formula is C13H18N2O3. The first-order chi connectivity index (χ1) is 8.61. The number of carboxylic acids is 1. The van der Waals surface area contributed by atoms with Crippen LogP contribution in [0.1, 0.15) is 18.4 Å². The second-order valence-corrected chi connectivity index (χ2v) is 4.02. The van der Waals surface area contributed by atoms with E-state index in [4.69, 9.17) is 5.11 Å². The van der Waals surface area contributed by atoms with E-state index in [-0.39, 0.29) is 12.3 Å². The zero-order chi connectivity index (χ0) is 13.4. The Kier molecular flexibility index (Phi) is 5.87. The van der Waals surface area contributed by atoms with Gasteiger partial charge in [0.05, 0.1) is 6.42 Å². The van der Waals surface area contributed by atoms with Crippen LogP contribution in [0.4, 0.5) is 5.69 Å². The highest BCUT2D eigenvalue weighted by molar-refractivity contribution is 5.90. The molecule has 0 bridgehead atoms. The molecule has 1 amide bonds. The van der Waals surface area contributed by atoms with Crippen molar-refractivity contribution in [3.8, 4) is 0 Å². The van der Waals surface area contributed by atoms with Gasteiger partial charge in [0.25, 0.3) is 0 Å². The van der Waals surface area contributed by atoms with E-state index in [1.165, 1.54) is 0 Å². The summed E-state index contributed by atoms with van der Waals surface area (Å²) >= 11 is 0. The lowest BCUT2D eigenvalue weighted by atomic mass is 10.1. The molecule has 0 aliphatic heterocycles. The van der Waals surface area contributed by atoms with E-state index >= 15 is 0 Å². The van der Waals surface area contributed by atoms with Crippen molar-refractivity contribution in [2.24, 2.45) is 0 Å². The highest BCUT2D eigenvalue weighted by atomic mass is 16.4. The molecule has 3 N–H and O–H groups in total. The fourth-order valence-corrected chi connectivity index (χ4v) is 1.53. The number of rotatable bonds is 7. The minimum Gasteiger partial charge on any atom is -0.481 e. The summed E-state index contributed by atoms with van der Waals surface area (Å²) in [6.07, 6.45) is 1.26. The molecule has 1 rings (SSSR count). The van der Waals surface area contributed by atoms with Gasteiger partial charge < -0.3 is 15.7 Å². The quantitative estimate of drug-likeness (QED) is 0.636. The van der Waals surface area contributed by atoms with Crippen LogP contribution in [-0.2, 0) is 16.0 Å². The third kappa shape index (κ3) is 5.45. The lowest BCUT2D eigenvalue weighted by Crippen LogP contribution is -2.15. The molecule has 0 saturated carbocycles. The van der Waals surface area contributed by atoms with Crippen LogP contribution in [-0.4, -0.2) is 30.6 Å². The van der Waals surface area contributed by atoms with Gasteiger partial charge in [-0.1, -0.05) is 12.1 Å². The largest absolute Gasteiger partial charge is 0.481 e. The molecule has 0 aliphatic carbocycles. The lowest BCUT2D eigenvalue weighted by Gasteiger charge is -2.05. The average Bonchev–Trinajstić information content (AvgIpc) is 2.31. The van der Waals surface area contributed by atoms with Gasteiger partial charge in [-0.2, -0.15) is 0 Å². The maximum Gasteiger partial charge on any atom is 0.307 e. The lowest BCUT2D eigenvalue weighted by molar-refractivity contribution is -0.136. The first kappa shape index (κ1) is 14.2. The Labute approximate surface area is 106 Å². The predicted molar refractivity (Wildman–Crippen MR) is 69.6 cm³/mol. The van der Waals surface area contributed by atoms with E-state index in [9.17, 15) is 9.59 Å². The van der Waals surface area contributed by atoms with Gasteiger partial charge in [0.1, 0.15) is 0 Å². The van der Waals surface area contributed by atoms with Crippen LogP contribution in [0.15, 0.2) is 24.3 Å². The SMILES string of the molecule is CNCCCC(=O)Nc1ccc(CC(=O)O)cc1. The number of carbonyl (C=O) groups excluding carboxylic acids is 1. The van der Waals surface area contributed by atoms with E-state index in [0.717, 1.165) is 18.5 Å². The Hall–Kier alpha value is -1.88. The number of carboxylic acid groups (broad SMARTS) is 1. The second kappa shape index (κ2) is 7.45. The van der Waals surface area contributed by atoms with E-state index < -0.39 is 5.97 Å². The standard InChI is InChI=1S/C13H18N2O3/c1-14-8-2-3-12(16)15-11-6-4-10(5-7-11)9-13(17)18/h4-7,14H,2-3,8-9H2,1H3,(H,15,16)(H,17,18). The molecule has 0 spiro atoms. The number of aliphatic carboxylic acids is 1.